The zero-order chi connectivity index (χ0) is 18.8. The van der Waals surface area contributed by atoms with Crippen molar-refractivity contribution in [1.82, 2.24) is 0 Å². The molecule has 2 N–H and O–H groups in total. The summed E-state index contributed by atoms with van der Waals surface area (Å²) in [6, 6.07) is 5.05. The van der Waals surface area contributed by atoms with Crippen LogP contribution >= 0.6 is 0 Å². The van der Waals surface area contributed by atoms with Gasteiger partial charge in [-0.1, -0.05) is 25.9 Å². The van der Waals surface area contributed by atoms with Crippen LogP contribution in [0.5, 0.6) is 5.75 Å². The average molecular weight is 347 g/mol. The van der Waals surface area contributed by atoms with Gasteiger partial charge in [-0.3, -0.25) is 9.59 Å². The Balaban J connectivity index is 2.13. The minimum absolute atomic E-state index is 0.123. The molecule has 1 aromatic rings. The van der Waals surface area contributed by atoms with Crippen molar-refractivity contribution in [2.24, 2.45) is 10.6 Å². The summed E-state index contributed by atoms with van der Waals surface area (Å²) in [5.41, 5.74) is 0.323. The molecule has 0 bridgehead atoms. The fourth-order valence-corrected chi connectivity index (χ4v) is 2.30. The van der Waals surface area contributed by atoms with Gasteiger partial charge in [0.2, 0.25) is 11.5 Å². The van der Waals surface area contributed by atoms with Crippen molar-refractivity contribution in [2.75, 3.05) is 17.7 Å². The van der Waals surface area contributed by atoms with E-state index in [9.17, 15) is 9.59 Å². The van der Waals surface area contributed by atoms with Crippen LogP contribution in [0.1, 0.15) is 41.0 Å². The maximum Gasteiger partial charge on any atom is 0.271 e. The van der Waals surface area contributed by atoms with E-state index in [0.717, 1.165) is 5.71 Å². The fourth-order valence-electron chi connectivity index (χ4n) is 2.30. The molecule has 1 aromatic carbocycles. The quantitative estimate of drug-likeness (QED) is 0.875. The zero-order valence-corrected chi connectivity index (χ0v) is 15.5. The summed E-state index contributed by atoms with van der Waals surface area (Å²) in [6.07, 6.45) is 0.440. The summed E-state index contributed by atoms with van der Waals surface area (Å²) in [7, 11) is 1.51. The van der Waals surface area contributed by atoms with Gasteiger partial charge in [-0.2, -0.15) is 0 Å². The second kappa shape index (κ2) is 6.74. The average Bonchev–Trinajstić information content (AvgIpc) is 2.88. The Bertz CT molecular complexity index is 722. The zero-order valence-electron chi connectivity index (χ0n) is 15.5. The number of nitrogens with one attached hydrogen (secondary N) is 2. The molecule has 0 saturated heterocycles. The van der Waals surface area contributed by atoms with Crippen LogP contribution in [0.25, 0.3) is 0 Å². The molecule has 0 aliphatic carbocycles. The number of nitrogens with zero attached hydrogens (tertiary/aromatic N) is 1. The minimum Gasteiger partial charge on any atom is -0.494 e. The molecule has 0 aromatic heterocycles. The van der Waals surface area contributed by atoms with E-state index in [1.807, 2.05) is 27.7 Å². The van der Waals surface area contributed by atoms with Gasteiger partial charge in [-0.15, -0.1) is 0 Å². The molecule has 7 nitrogen and oxygen atoms in total. The fraction of sp³-hybridized carbons (Fsp3) is 0.500. The van der Waals surface area contributed by atoms with Gasteiger partial charge in [0.05, 0.1) is 18.5 Å². The molecule has 0 fully saturated rings. The van der Waals surface area contributed by atoms with E-state index in [1.165, 1.54) is 7.11 Å². The van der Waals surface area contributed by atoms with E-state index in [0.29, 0.717) is 23.5 Å². The molecule has 25 heavy (non-hydrogen) atoms. The molecule has 136 valence electrons. The molecular formula is C18H25N3O4. The Morgan fingerprint density at radius 1 is 1.28 bits per heavy atom. The lowest BCUT2D eigenvalue weighted by molar-refractivity contribution is -0.135. The number of carbonyl (C=O) groups is 2. The van der Waals surface area contributed by atoms with Crippen molar-refractivity contribution in [3.8, 4) is 5.75 Å². The van der Waals surface area contributed by atoms with E-state index < -0.39 is 11.0 Å². The molecule has 0 saturated carbocycles. The maximum atomic E-state index is 12.5. The Morgan fingerprint density at radius 2 is 1.96 bits per heavy atom. The van der Waals surface area contributed by atoms with Crippen LogP contribution in [-0.4, -0.2) is 30.2 Å². The summed E-state index contributed by atoms with van der Waals surface area (Å²) in [6.45, 7) is 8.99. The van der Waals surface area contributed by atoms with Crippen molar-refractivity contribution in [3.63, 3.8) is 0 Å². The van der Waals surface area contributed by atoms with Gasteiger partial charge in [0.1, 0.15) is 5.75 Å². The van der Waals surface area contributed by atoms with Gasteiger partial charge in [0.25, 0.3) is 5.91 Å². The number of methoxy groups -OCH3 is 1. The van der Waals surface area contributed by atoms with Crippen molar-refractivity contribution >= 4 is 28.9 Å². The summed E-state index contributed by atoms with van der Waals surface area (Å²) in [5, 5.41) is 9.47. The highest BCUT2D eigenvalue weighted by Crippen LogP contribution is 2.31. The third-order valence-electron chi connectivity index (χ3n) is 3.87. The van der Waals surface area contributed by atoms with Gasteiger partial charge in [-0.05, 0) is 26.0 Å². The third kappa shape index (κ3) is 4.29. The summed E-state index contributed by atoms with van der Waals surface area (Å²) in [5.74, 6) is 0.0454. The second-order valence-corrected chi connectivity index (χ2v) is 7.40. The highest BCUT2D eigenvalue weighted by molar-refractivity contribution is 6.02. The lowest BCUT2D eigenvalue weighted by atomic mass is 9.95. The number of carbonyl (C=O) groups excluding carboxylic acids is 2. The molecule has 0 spiro atoms. The van der Waals surface area contributed by atoms with Crippen LogP contribution in [0.15, 0.2) is 23.4 Å². The number of benzene rings is 1. The molecule has 2 amide bonds. The lowest BCUT2D eigenvalue weighted by Gasteiger charge is -2.21. The van der Waals surface area contributed by atoms with Crippen molar-refractivity contribution in [2.45, 2.75) is 46.6 Å². The number of anilines is 2. The largest absolute Gasteiger partial charge is 0.494 e. The predicted octanol–water partition coefficient (Wildman–Crippen LogP) is 3.17. The molecule has 1 aliphatic heterocycles. The molecule has 7 heteroatoms. The van der Waals surface area contributed by atoms with Gasteiger partial charge in [0.15, 0.2) is 0 Å². The molecule has 0 unspecified atom stereocenters. The van der Waals surface area contributed by atoms with Gasteiger partial charge < -0.3 is 20.2 Å². The smallest absolute Gasteiger partial charge is 0.271 e. The van der Waals surface area contributed by atoms with E-state index in [1.54, 1.807) is 25.1 Å². The summed E-state index contributed by atoms with van der Waals surface area (Å²) in [4.78, 5) is 29.8. The van der Waals surface area contributed by atoms with Crippen LogP contribution in [0.4, 0.5) is 11.4 Å². The monoisotopic (exact) mass is 347 g/mol. The Morgan fingerprint density at radius 3 is 2.48 bits per heavy atom. The molecule has 1 atom stereocenters. The SMILES string of the molecule is COc1cc(NC(=O)[C@]2(C)CC(C)=NO2)ccc1NC(=O)C(C)(C)C. The van der Waals surface area contributed by atoms with Gasteiger partial charge in [-0.25, -0.2) is 0 Å². The van der Waals surface area contributed by atoms with Crippen LogP contribution < -0.4 is 15.4 Å². The Labute approximate surface area is 147 Å². The van der Waals surface area contributed by atoms with Crippen LogP contribution in [0.3, 0.4) is 0 Å². The maximum absolute atomic E-state index is 12.5. The number of oxime groups is 1. The number of hydrogen-bond donors (Lipinski definition) is 2. The first-order valence-corrected chi connectivity index (χ1v) is 8.08. The Kier molecular flexibility index (Phi) is 5.06. The second-order valence-electron chi connectivity index (χ2n) is 7.40. The number of amides is 2. The van der Waals surface area contributed by atoms with Crippen molar-refractivity contribution in [1.29, 1.82) is 0 Å². The first kappa shape index (κ1) is 18.8. The summed E-state index contributed by atoms with van der Waals surface area (Å²) >= 11 is 0. The van der Waals surface area contributed by atoms with E-state index in [4.69, 9.17) is 9.57 Å². The third-order valence-corrected chi connectivity index (χ3v) is 3.87. The molecule has 2 rings (SSSR count). The lowest BCUT2D eigenvalue weighted by Crippen LogP contribution is -2.40. The summed E-state index contributed by atoms with van der Waals surface area (Å²) < 4.78 is 5.33. The van der Waals surface area contributed by atoms with Crippen molar-refractivity contribution < 1.29 is 19.2 Å². The topological polar surface area (TPSA) is 89.0 Å². The normalized spacial score (nSPS) is 19.7. The van der Waals surface area contributed by atoms with Gasteiger partial charge in [0, 0.05) is 23.6 Å². The van der Waals surface area contributed by atoms with E-state index in [-0.39, 0.29) is 11.8 Å². The highest BCUT2D eigenvalue weighted by Gasteiger charge is 2.40. The first-order chi connectivity index (χ1) is 11.5. The molecule has 1 heterocycles. The van der Waals surface area contributed by atoms with Crippen LogP contribution in [-0.2, 0) is 14.4 Å². The Hall–Kier alpha value is -2.57. The first-order valence-electron chi connectivity index (χ1n) is 8.08. The molecule has 0 radical (unpaired) electrons. The number of rotatable bonds is 4. The van der Waals surface area contributed by atoms with Crippen LogP contribution in [0, 0.1) is 5.41 Å². The minimum atomic E-state index is -1.02. The van der Waals surface area contributed by atoms with E-state index >= 15 is 0 Å². The highest BCUT2D eigenvalue weighted by atomic mass is 16.7. The number of ether oxygens (including phenoxy) is 1. The van der Waals surface area contributed by atoms with Gasteiger partial charge >= 0.3 is 0 Å². The van der Waals surface area contributed by atoms with Crippen molar-refractivity contribution in [3.05, 3.63) is 18.2 Å². The van der Waals surface area contributed by atoms with E-state index in [2.05, 4.69) is 15.8 Å². The predicted molar refractivity (Wildman–Crippen MR) is 96.9 cm³/mol. The standard InChI is InChI=1S/C18H25N3O4/c1-11-10-18(5,25-21-11)16(23)19-12-7-8-13(14(9-12)24-6)20-15(22)17(2,3)4/h7-9H,10H2,1-6H3,(H,19,23)(H,20,22)/t18-/m0/s1. The number of hydrogen-bond acceptors (Lipinski definition) is 5. The molecular weight excluding hydrogens is 322 g/mol. The molecule has 1 aliphatic rings. The van der Waals surface area contributed by atoms with Crippen LogP contribution in [0.2, 0.25) is 0 Å².